The van der Waals surface area contributed by atoms with Crippen molar-refractivity contribution < 1.29 is 4.76 Å². The van der Waals surface area contributed by atoms with Gasteiger partial charge in [-0.05, 0) is 37.3 Å². The van der Waals surface area contributed by atoms with Crippen molar-refractivity contribution in [3.63, 3.8) is 0 Å². The van der Waals surface area contributed by atoms with Gasteiger partial charge in [-0.15, -0.1) is 0 Å². The molecule has 0 bridgehead atoms. The summed E-state index contributed by atoms with van der Waals surface area (Å²) in [5, 5.41) is 11.4. The van der Waals surface area contributed by atoms with Crippen LogP contribution < -0.4 is 10.4 Å². The molecular formula is C18H14N3O+. The highest BCUT2D eigenvalue weighted by Gasteiger charge is 2.44. The maximum absolute atomic E-state index is 12.9. The Kier molecular flexibility index (Phi) is 2.20. The molecule has 0 N–H and O–H groups in total. The first kappa shape index (κ1) is 12.0. The minimum absolute atomic E-state index is 0.495. The van der Waals surface area contributed by atoms with E-state index in [2.05, 4.69) is 17.1 Å². The van der Waals surface area contributed by atoms with Crippen LogP contribution in [0.2, 0.25) is 0 Å². The lowest BCUT2D eigenvalue weighted by molar-refractivity contribution is -0.406. The average Bonchev–Trinajstić information content (AvgIpc) is 3.23. The summed E-state index contributed by atoms with van der Waals surface area (Å²) in [7, 11) is 0. The van der Waals surface area contributed by atoms with E-state index in [4.69, 9.17) is 0 Å². The molecule has 2 aliphatic carbocycles. The number of nitroso groups, excluding NO2 is 1. The third-order valence-corrected chi connectivity index (χ3v) is 5.25. The summed E-state index contributed by atoms with van der Waals surface area (Å²) in [5.74, 6) is 0. The molecule has 4 heteroatoms. The summed E-state index contributed by atoms with van der Waals surface area (Å²) in [4.78, 5) is 17.2. The number of nitrogens with zero attached hydrogens (tertiary/aromatic N) is 3. The lowest BCUT2D eigenvalue weighted by atomic mass is 9.88. The number of fused-ring (bicyclic) bond motifs is 7. The summed E-state index contributed by atoms with van der Waals surface area (Å²) < 4.78 is 1.18. The predicted molar refractivity (Wildman–Crippen MR) is 83.8 cm³/mol. The normalized spacial score (nSPS) is 20.5. The summed E-state index contributed by atoms with van der Waals surface area (Å²) in [5.41, 5.74) is 6.68. The van der Waals surface area contributed by atoms with Gasteiger partial charge in [-0.25, -0.2) is 4.99 Å². The lowest BCUT2D eigenvalue weighted by Gasteiger charge is -2.08. The molecule has 0 saturated carbocycles. The second kappa shape index (κ2) is 4.01. The molecule has 2 heterocycles. The first-order valence-corrected chi connectivity index (χ1v) is 7.88. The molecule has 0 atom stereocenters. The van der Waals surface area contributed by atoms with E-state index in [1.807, 2.05) is 0 Å². The van der Waals surface area contributed by atoms with Crippen LogP contribution in [-0.4, -0.2) is 11.0 Å². The van der Waals surface area contributed by atoms with E-state index in [0.29, 0.717) is 5.70 Å². The van der Waals surface area contributed by atoms with Gasteiger partial charge in [0.25, 0.3) is 5.69 Å². The van der Waals surface area contributed by atoms with E-state index in [1.165, 1.54) is 10.3 Å². The molecule has 5 rings (SSSR count). The van der Waals surface area contributed by atoms with Crippen molar-refractivity contribution in [2.45, 2.75) is 38.5 Å². The largest absolute Gasteiger partial charge is 0.275 e. The molecule has 106 valence electrons. The van der Waals surface area contributed by atoms with Crippen molar-refractivity contribution in [1.82, 2.24) is 0 Å². The summed E-state index contributed by atoms with van der Waals surface area (Å²) in [6.07, 6.45) is 9.84. The Balaban J connectivity index is 2.00. The fourth-order valence-electron chi connectivity index (χ4n) is 4.38. The molecule has 22 heavy (non-hydrogen) atoms. The number of aliphatic imine (C=N–C) groups is 1. The molecule has 1 aromatic rings. The van der Waals surface area contributed by atoms with Gasteiger partial charge < -0.3 is 0 Å². The first-order chi connectivity index (χ1) is 10.8. The van der Waals surface area contributed by atoms with Crippen LogP contribution in [0.15, 0.2) is 10.7 Å². The quantitative estimate of drug-likeness (QED) is 0.687. The van der Waals surface area contributed by atoms with E-state index < -0.39 is 0 Å². The second-order valence-electron chi connectivity index (χ2n) is 6.29. The number of allylic oxidation sites excluding steroid dienone is 2. The Morgan fingerprint density at radius 2 is 2.09 bits per heavy atom. The van der Waals surface area contributed by atoms with E-state index in [1.54, 1.807) is 6.21 Å². The SMILES string of the molecule is N#CC1=c2c(c3c(c4c2=CCC4)[N+](=O)C2=C3CCCC2)C=N1. The van der Waals surface area contributed by atoms with Gasteiger partial charge in [0.2, 0.25) is 5.70 Å². The Bertz CT molecular complexity index is 1000. The first-order valence-electron chi connectivity index (χ1n) is 7.88. The molecule has 2 aliphatic heterocycles. The summed E-state index contributed by atoms with van der Waals surface area (Å²) in [6.45, 7) is 0. The maximum Gasteiger partial charge on any atom is 0.275 e. The Hall–Kier alpha value is -2.54. The fourth-order valence-corrected chi connectivity index (χ4v) is 4.38. The van der Waals surface area contributed by atoms with Crippen molar-refractivity contribution in [2.24, 2.45) is 4.99 Å². The van der Waals surface area contributed by atoms with Crippen LogP contribution >= 0.6 is 0 Å². The van der Waals surface area contributed by atoms with Crippen LogP contribution in [0.25, 0.3) is 17.3 Å². The molecule has 0 aromatic heterocycles. The molecule has 0 amide bonds. The highest BCUT2D eigenvalue weighted by molar-refractivity contribution is 6.00. The van der Waals surface area contributed by atoms with Crippen LogP contribution in [-0.2, 0) is 6.42 Å². The van der Waals surface area contributed by atoms with Gasteiger partial charge in [0, 0.05) is 39.5 Å². The van der Waals surface area contributed by atoms with Gasteiger partial charge in [0.05, 0.1) is 10.3 Å². The van der Waals surface area contributed by atoms with Gasteiger partial charge in [-0.3, -0.25) is 0 Å². The Morgan fingerprint density at radius 3 is 2.95 bits per heavy atom. The smallest absolute Gasteiger partial charge is 0.244 e. The van der Waals surface area contributed by atoms with Crippen molar-refractivity contribution in [3.05, 3.63) is 37.7 Å². The monoisotopic (exact) mass is 288 g/mol. The van der Waals surface area contributed by atoms with E-state index in [0.717, 1.165) is 77.0 Å². The van der Waals surface area contributed by atoms with Gasteiger partial charge >= 0.3 is 0 Å². The molecular weight excluding hydrogens is 274 g/mol. The third-order valence-electron chi connectivity index (χ3n) is 5.25. The van der Waals surface area contributed by atoms with Crippen LogP contribution in [0.3, 0.4) is 0 Å². The van der Waals surface area contributed by atoms with Gasteiger partial charge in [0.15, 0.2) is 0 Å². The number of nitriles is 1. The highest BCUT2D eigenvalue weighted by atomic mass is 16.3. The fraction of sp³-hybridized carbons (Fsp3) is 0.333. The van der Waals surface area contributed by atoms with Crippen LogP contribution in [0, 0.1) is 16.2 Å². The highest BCUT2D eigenvalue weighted by Crippen LogP contribution is 2.47. The minimum Gasteiger partial charge on any atom is -0.244 e. The average molecular weight is 288 g/mol. The number of rotatable bonds is 0. The molecule has 0 radical (unpaired) electrons. The van der Waals surface area contributed by atoms with Crippen LogP contribution in [0.5, 0.6) is 0 Å². The van der Waals surface area contributed by atoms with E-state index in [9.17, 15) is 10.2 Å². The van der Waals surface area contributed by atoms with Crippen LogP contribution in [0.1, 0.15) is 48.8 Å². The minimum atomic E-state index is 0.495. The van der Waals surface area contributed by atoms with Crippen molar-refractivity contribution in [3.8, 4) is 6.07 Å². The zero-order chi connectivity index (χ0) is 14.8. The number of hydrogen-bond donors (Lipinski definition) is 0. The topological polar surface area (TPSA) is 56.2 Å². The molecule has 0 spiro atoms. The van der Waals surface area contributed by atoms with Gasteiger partial charge in [-0.2, -0.15) is 5.26 Å². The van der Waals surface area contributed by atoms with Crippen molar-refractivity contribution >= 4 is 29.2 Å². The Morgan fingerprint density at radius 1 is 1.23 bits per heavy atom. The molecule has 0 saturated heterocycles. The summed E-state index contributed by atoms with van der Waals surface area (Å²) in [6, 6.07) is 2.22. The molecule has 1 aromatic carbocycles. The lowest BCUT2D eigenvalue weighted by Crippen LogP contribution is -2.31. The maximum atomic E-state index is 12.9. The number of hydrogen-bond acceptors (Lipinski definition) is 3. The number of benzene rings is 1. The van der Waals surface area contributed by atoms with Crippen LogP contribution in [0.4, 0.5) is 5.69 Å². The van der Waals surface area contributed by atoms with Gasteiger partial charge in [-0.1, -0.05) is 6.08 Å². The molecule has 0 unspecified atom stereocenters. The van der Waals surface area contributed by atoms with Crippen molar-refractivity contribution in [1.29, 1.82) is 5.26 Å². The van der Waals surface area contributed by atoms with Gasteiger partial charge in [0.1, 0.15) is 11.8 Å². The van der Waals surface area contributed by atoms with Crippen molar-refractivity contribution in [2.75, 3.05) is 0 Å². The third kappa shape index (κ3) is 1.25. The standard InChI is InChI=1S/C18H14N3O/c19-8-14-16-10-5-3-6-11(10)18-17(13(16)9-20-14)12-4-1-2-7-15(12)21(18)22/h5,9H,1-4,6-7H2/q+1. The zero-order valence-corrected chi connectivity index (χ0v) is 12.1. The Labute approximate surface area is 127 Å². The molecule has 0 fully saturated rings. The molecule has 4 aliphatic rings. The predicted octanol–water partition coefficient (Wildman–Crippen LogP) is 2.19. The van der Waals surface area contributed by atoms with E-state index in [-0.39, 0.29) is 0 Å². The second-order valence-corrected chi connectivity index (χ2v) is 6.29. The molecule has 4 nitrogen and oxygen atoms in total. The zero-order valence-electron chi connectivity index (χ0n) is 12.1. The van der Waals surface area contributed by atoms with E-state index >= 15 is 0 Å². The summed E-state index contributed by atoms with van der Waals surface area (Å²) >= 11 is 0.